The molecule has 0 radical (unpaired) electrons. The van der Waals surface area contributed by atoms with E-state index in [-0.39, 0.29) is 18.0 Å². The number of nitrogens with zero attached hydrogens (tertiary/aromatic N) is 2. The number of benzene rings is 1. The van der Waals surface area contributed by atoms with Gasteiger partial charge in [0.15, 0.2) is 0 Å². The van der Waals surface area contributed by atoms with E-state index in [1.54, 1.807) is 0 Å². The first-order chi connectivity index (χ1) is 10.7. The molecule has 2 unspecified atom stereocenters. The van der Waals surface area contributed by atoms with E-state index >= 15 is 0 Å². The fourth-order valence-electron chi connectivity index (χ4n) is 3.18. The van der Waals surface area contributed by atoms with E-state index in [1.807, 2.05) is 18.2 Å². The molecule has 2 heterocycles. The number of rotatable bonds is 3. The van der Waals surface area contributed by atoms with E-state index in [9.17, 15) is 10.1 Å². The van der Waals surface area contributed by atoms with E-state index < -0.39 is 0 Å². The van der Waals surface area contributed by atoms with Crippen LogP contribution in [0.15, 0.2) is 22.7 Å². The lowest BCUT2D eigenvalue weighted by Gasteiger charge is -2.21. The van der Waals surface area contributed by atoms with Gasteiger partial charge >= 0.3 is 0 Å². The Kier molecular flexibility index (Phi) is 4.65. The summed E-state index contributed by atoms with van der Waals surface area (Å²) in [5.41, 5.74) is 1.61. The summed E-state index contributed by atoms with van der Waals surface area (Å²) in [6.07, 6.45) is 2.91. The summed E-state index contributed by atoms with van der Waals surface area (Å²) in [6, 6.07) is 8.12. The molecule has 1 aromatic carbocycles. The van der Waals surface area contributed by atoms with E-state index in [2.05, 4.69) is 37.5 Å². The van der Waals surface area contributed by atoms with Gasteiger partial charge in [0.2, 0.25) is 5.91 Å². The van der Waals surface area contributed by atoms with Gasteiger partial charge in [0.25, 0.3) is 0 Å². The summed E-state index contributed by atoms with van der Waals surface area (Å²) >= 11 is 3.39. The van der Waals surface area contributed by atoms with Crippen LogP contribution in [-0.4, -0.2) is 37.6 Å². The van der Waals surface area contributed by atoms with E-state index in [0.29, 0.717) is 5.56 Å². The maximum absolute atomic E-state index is 12.2. The number of carbonyl (C=O) groups is 1. The van der Waals surface area contributed by atoms with Gasteiger partial charge in [-0.15, -0.1) is 0 Å². The van der Waals surface area contributed by atoms with Gasteiger partial charge in [-0.3, -0.25) is 4.79 Å². The van der Waals surface area contributed by atoms with Crippen LogP contribution in [0.25, 0.3) is 0 Å². The predicted octanol–water partition coefficient (Wildman–Crippen LogP) is 1.77. The molecule has 0 saturated carbocycles. The average molecular weight is 363 g/mol. The van der Waals surface area contributed by atoms with E-state index in [0.717, 1.165) is 49.1 Å². The molecule has 6 heteroatoms. The standard InChI is InChI=1S/C16H19BrN4O/c17-12-3-4-15(11(8-12)9-18)21-7-5-13(10-21)20-16(22)14-2-1-6-19-14/h3-4,8,13-14,19H,1-2,5-7,10H2,(H,20,22). The van der Waals surface area contributed by atoms with Crippen molar-refractivity contribution in [2.24, 2.45) is 0 Å². The van der Waals surface area contributed by atoms with Crippen molar-refractivity contribution in [3.8, 4) is 6.07 Å². The molecule has 0 spiro atoms. The molecule has 1 amide bonds. The van der Waals surface area contributed by atoms with Crippen molar-refractivity contribution in [2.75, 3.05) is 24.5 Å². The zero-order valence-corrected chi connectivity index (χ0v) is 13.9. The van der Waals surface area contributed by atoms with Crippen LogP contribution in [0.3, 0.4) is 0 Å². The van der Waals surface area contributed by atoms with Gasteiger partial charge in [0.1, 0.15) is 6.07 Å². The number of hydrogen-bond acceptors (Lipinski definition) is 4. The minimum Gasteiger partial charge on any atom is -0.368 e. The number of amides is 1. The highest BCUT2D eigenvalue weighted by Crippen LogP contribution is 2.27. The smallest absolute Gasteiger partial charge is 0.237 e. The van der Waals surface area contributed by atoms with Gasteiger partial charge < -0.3 is 15.5 Å². The fraction of sp³-hybridized carbons (Fsp3) is 0.500. The Morgan fingerprint density at radius 1 is 1.45 bits per heavy atom. The molecule has 116 valence electrons. The molecule has 22 heavy (non-hydrogen) atoms. The van der Waals surface area contributed by atoms with Crippen LogP contribution in [0.5, 0.6) is 0 Å². The molecule has 2 atom stereocenters. The van der Waals surface area contributed by atoms with Crippen LogP contribution >= 0.6 is 15.9 Å². The third kappa shape index (κ3) is 3.26. The van der Waals surface area contributed by atoms with Crippen molar-refractivity contribution in [3.05, 3.63) is 28.2 Å². The minimum absolute atomic E-state index is 0.0311. The number of halogens is 1. The van der Waals surface area contributed by atoms with Crippen LogP contribution in [0, 0.1) is 11.3 Å². The Bertz CT molecular complexity index is 607. The van der Waals surface area contributed by atoms with Crippen LogP contribution < -0.4 is 15.5 Å². The third-order valence-electron chi connectivity index (χ3n) is 4.33. The van der Waals surface area contributed by atoms with Gasteiger partial charge in [0.05, 0.1) is 17.3 Å². The highest BCUT2D eigenvalue weighted by atomic mass is 79.9. The molecule has 0 aromatic heterocycles. The molecular formula is C16H19BrN4O. The SMILES string of the molecule is N#Cc1cc(Br)ccc1N1CCC(NC(=O)C2CCCN2)C1. The van der Waals surface area contributed by atoms with Crippen molar-refractivity contribution in [3.63, 3.8) is 0 Å². The third-order valence-corrected chi connectivity index (χ3v) is 4.82. The second-order valence-electron chi connectivity index (χ2n) is 5.86. The van der Waals surface area contributed by atoms with Crippen molar-refractivity contribution < 1.29 is 4.79 Å². The predicted molar refractivity (Wildman–Crippen MR) is 88.6 cm³/mol. The summed E-state index contributed by atoms with van der Waals surface area (Å²) in [5.74, 6) is 0.112. The highest BCUT2D eigenvalue weighted by Gasteiger charge is 2.29. The van der Waals surface area contributed by atoms with Crippen LogP contribution in [0.2, 0.25) is 0 Å². The topological polar surface area (TPSA) is 68.2 Å². The van der Waals surface area contributed by atoms with Crippen LogP contribution in [-0.2, 0) is 4.79 Å². The molecular weight excluding hydrogens is 344 g/mol. The Hall–Kier alpha value is -1.58. The molecule has 5 nitrogen and oxygen atoms in total. The average Bonchev–Trinajstić information content (AvgIpc) is 3.18. The van der Waals surface area contributed by atoms with Crippen LogP contribution in [0.1, 0.15) is 24.8 Å². The van der Waals surface area contributed by atoms with Crippen molar-refractivity contribution in [2.45, 2.75) is 31.3 Å². The second kappa shape index (κ2) is 6.67. The Morgan fingerprint density at radius 2 is 2.32 bits per heavy atom. The van der Waals surface area contributed by atoms with Gasteiger partial charge in [-0.25, -0.2) is 0 Å². The lowest BCUT2D eigenvalue weighted by molar-refractivity contribution is -0.123. The summed E-state index contributed by atoms with van der Waals surface area (Å²) in [7, 11) is 0. The van der Waals surface area contributed by atoms with Gasteiger partial charge in [-0.2, -0.15) is 5.26 Å². The first-order valence-corrected chi connectivity index (χ1v) is 8.45. The van der Waals surface area contributed by atoms with Crippen molar-refractivity contribution in [1.82, 2.24) is 10.6 Å². The number of anilines is 1. The fourth-order valence-corrected chi connectivity index (χ4v) is 3.54. The number of carbonyl (C=O) groups excluding carboxylic acids is 1. The van der Waals surface area contributed by atoms with Gasteiger partial charge in [0, 0.05) is 23.6 Å². The van der Waals surface area contributed by atoms with Crippen LogP contribution in [0.4, 0.5) is 5.69 Å². The summed E-state index contributed by atoms with van der Waals surface area (Å²) < 4.78 is 0.907. The number of nitriles is 1. The lowest BCUT2D eigenvalue weighted by Crippen LogP contribution is -2.46. The van der Waals surface area contributed by atoms with Crippen molar-refractivity contribution in [1.29, 1.82) is 5.26 Å². The largest absolute Gasteiger partial charge is 0.368 e. The first-order valence-electron chi connectivity index (χ1n) is 7.66. The van der Waals surface area contributed by atoms with Gasteiger partial charge in [-0.05, 0) is 44.0 Å². The minimum atomic E-state index is -0.0311. The summed E-state index contributed by atoms with van der Waals surface area (Å²) in [4.78, 5) is 14.3. The van der Waals surface area contributed by atoms with E-state index in [1.165, 1.54) is 0 Å². The zero-order valence-electron chi connectivity index (χ0n) is 12.3. The molecule has 2 N–H and O–H groups in total. The molecule has 3 rings (SSSR count). The molecule has 2 fully saturated rings. The quantitative estimate of drug-likeness (QED) is 0.859. The first kappa shape index (κ1) is 15.3. The molecule has 1 aromatic rings. The molecule has 0 aliphatic carbocycles. The maximum atomic E-state index is 12.2. The lowest BCUT2D eigenvalue weighted by atomic mass is 10.2. The monoisotopic (exact) mass is 362 g/mol. The van der Waals surface area contributed by atoms with Gasteiger partial charge in [-0.1, -0.05) is 15.9 Å². The number of nitrogens with one attached hydrogen (secondary N) is 2. The summed E-state index contributed by atoms with van der Waals surface area (Å²) in [6.45, 7) is 2.55. The highest BCUT2D eigenvalue weighted by molar-refractivity contribution is 9.10. The Balaban J connectivity index is 1.63. The van der Waals surface area contributed by atoms with E-state index in [4.69, 9.17) is 0 Å². The summed E-state index contributed by atoms with van der Waals surface area (Å²) in [5, 5.41) is 15.6. The molecule has 2 aliphatic heterocycles. The molecule has 2 saturated heterocycles. The molecule has 2 aliphatic rings. The molecule has 0 bridgehead atoms. The Morgan fingerprint density at radius 3 is 3.05 bits per heavy atom. The Labute approximate surface area is 138 Å². The zero-order chi connectivity index (χ0) is 15.5. The normalized spacial score (nSPS) is 24.3. The van der Waals surface area contributed by atoms with Crippen molar-refractivity contribution >= 4 is 27.5 Å². The maximum Gasteiger partial charge on any atom is 0.237 e. The second-order valence-corrected chi connectivity index (χ2v) is 6.78. The number of hydrogen-bond donors (Lipinski definition) is 2.